The largest absolute Gasteiger partial charge is 0.368 e. The molecule has 2 heterocycles. The molecule has 1 unspecified atom stereocenters. The van der Waals surface area contributed by atoms with Crippen LogP contribution in [0.1, 0.15) is 40.2 Å². The van der Waals surface area contributed by atoms with Crippen LogP contribution in [0.2, 0.25) is 0 Å². The normalized spacial score (nSPS) is 15.6. The van der Waals surface area contributed by atoms with E-state index in [0.717, 1.165) is 23.4 Å². The average molecular weight is 419 g/mol. The number of aryl methyl sites for hydroxylation is 2. The molecule has 160 valence electrons. The smallest absolute Gasteiger partial charge is 0.258 e. The average Bonchev–Trinajstić information content (AvgIpc) is 3.43. The van der Waals surface area contributed by atoms with Crippen LogP contribution in [-0.2, 0) is 16.1 Å². The number of carbonyl (C=O) groups excluding carboxylic acids is 2. The molecule has 0 spiro atoms. The van der Waals surface area contributed by atoms with E-state index in [1.54, 1.807) is 29.2 Å². The van der Waals surface area contributed by atoms with E-state index in [4.69, 9.17) is 9.26 Å². The lowest BCUT2D eigenvalue weighted by Gasteiger charge is -2.23. The standard InChI is InChI=1S/C24H25N3O4/c1-16-21(17(2)31-26-16)15-27(20-10-4-3-5-11-20)24(29)18-8-6-9-19(14-18)25-23(28)22-12-7-13-30-22/h3-6,8-11,14,22H,7,12-13,15H2,1-2H3,(H,25,28). The van der Waals surface area contributed by atoms with Gasteiger partial charge >= 0.3 is 0 Å². The predicted octanol–water partition coefficient (Wildman–Crippen LogP) is 4.26. The minimum atomic E-state index is -0.431. The van der Waals surface area contributed by atoms with Crippen molar-refractivity contribution in [1.82, 2.24) is 5.16 Å². The number of ether oxygens (including phenoxy) is 1. The number of carbonyl (C=O) groups is 2. The maximum Gasteiger partial charge on any atom is 0.258 e. The Morgan fingerprint density at radius 3 is 2.61 bits per heavy atom. The van der Waals surface area contributed by atoms with Crippen molar-refractivity contribution in [3.8, 4) is 0 Å². The Kier molecular flexibility index (Phi) is 6.13. The molecule has 1 N–H and O–H groups in total. The number of rotatable bonds is 6. The second-order valence-corrected chi connectivity index (χ2v) is 7.60. The molecule has 0 radical (unpaired) electrons. The lowest BCUT2D eigenvalue weighted by molar-refractivity contribution is -0.124. The number of nitrogens with one attached hydrogen (secondary N) is 1. The summed E-state index contributed by atoms with van der Waals surface area (Å²) in [5.74, 6) is 0.320. The van der Waals surface area contributed by atoms with E-state index in [1.807, 2.05) is 44.2 Å². The van der Waals surface area contributed by atoms with Crippen molar-refractivity contribution in [2.45, 2.75) is 39.3 Å². The molecular weight excluding hydrogens is 394 g/mol. The van der Waals surface area contributed by atoms with E-state index in [-0.39, 0.29) is 11.8 Å². The minimum Gasteiger partial charge on any atom is -0.368 e. The molecule has 1 saturated heterocycles. The molecule has 1 aromatic heterocycles. The monoisotopic (exact) mass is 419 g/mol. The van der Waals surface area contributed by atoms with Crippen LogP contribution in [0.4, 0.5) is 11.4 Å². The van der Waals surface area contributed by atoms with Crippen LogP contribution in [0.3, 0.4) is 0 Å². The quantitative estimate of drug-likeness (QED) is 0.645. The molecule has 1 atom stereocenters. The summed E-state index contributed by atoms with van der Waals surface area (Å²) in [6.45, 7) is 4.63. The lowest BCUT2D eigenvalue weighted by atomic mass is 10.1. The highest BCUT2D eigenvalue weighted by Crippen LogP contribution is 2.24. The Morgan fingerprint density at radius 2 is 1.94 bits per heavy atom. The van der Waals surface area contributed by atoms with E-state index in [2.05, 4.69) is 10.5 Å². The molecule has 2 amide bonds. The van der Waals surface area contributed by atoms with Crippen molar-refractivity contribution < 1.29 is 18.8 Å². The van der Waals surface area contributed by atoms with Gasteiger partial charge in [-0.05, 0) is 57.0 Å². The fraction of sp³-hybridized carbons (Fsp3) is 0.292. The van der Waals surface area contributed by atoms with Crippen LogP contribution in [-0.4, -0.2) is 29.7 Å². The SMILES string of the molecule is Cc1noc(C)c1CN(C(=O)c1cccc(NC(=O)C2CCCO2)c1)c1ccccc1. The van der Waals surface area contributed by atoms with Crippen LogP contribution < -0.4 is 10.2 Å². The van der Waals surface area contributed by atoms with Gasteiger partial charge in [0, 0.05) is 29.1 Å². The van der Waals surface area contributed by atoms with Gasteiger partial charge in [-0.3, -0.25) is 9.59 Å². The molecule has 0 bridgehead atoms. The third-order valence-corrected chi connectivity index (χ3v) is 5.41. The topological polar surface area (TPSA) is 84.7 Å². The van der Waals surface area contributed by atoms with Crippen molar-refractivity contribution >= 4 is 23.2 Å². The Bertz CT molecular complexity index is 1050. The molecule has 4 rings (SSSR count). The van der Waals surface area contributed by atoms with Crippen LogP contribution in [0.5, 0.6) is 0 Å². The molecule has 0 aliphatic carbocycles. The number of anilines is 2. The molecule has 0 saturated carbocycles. The van der Waals surface area contributed by atoms with Gasteiger partial charge in [0.2, 0.25) is 0 Å². The van der Waals surface area contributed by atoms with Gasteiger partial charge in [0.1, 0.15) is 11.9 Å². The number of hydrogen-bond acceptors (Lipinski definition) is 5. The van der Waals surface area contributed by atoms with Crippen LogP contribution >= 0.6 is 0 Å². The molecule has 31 heavy (non-hydrogen) atoms. The zero-order valence-corrected chi connectivity index (χ0v) is 17.6. The molecule has 1 aliphatic heterocycles. The number of amides is 2. The van der Waals surface area contributed by atoms with Gasteiger partial charge < -0.3 is 19.5 Å². The Hall–Kier alpha value is -3.45. The van der Waals surface area contributed by atoms with Crippen LogP contribution in [0, 0.1) is 13.8 Å². The van der Waals surface area contributed by atoms with Gasteiger partial charge in [-0.25, -0.2) is 0 Å². The van der Waals surface area contributed by atoms with E-state index < -0.39 is 6.10 Å². The molecule has 1 aliphatic rings. The molecule has 7 heteroatoms. The summed E-state index contributed by atoms with van der Waals surface area (Å²) in [5.41, 5.74) is 3.43. The molecular formula is C24H25N3O4. The Labute approximate surface area is 181 Å². The van der Waals surface area contributed by atoms with E-state index in [1.165, 1.54) is 0 Å². The van der Waals surface area contributed by atoms with Gasteiger partial charge in [0.25, 0.3) is 11.8 Å². The van der Waals surface area contributed by atoms with Crippen molar-refractivity contribution in [1.29, 1.82) is 0 Å². The van der Waals surface area contributed by atoms with Gasteiger partial charge in [-0.1, -0.05) is 29.4 Å². The first-order valence-electron chi connectivity index (χ1n) is 10.3. The number of aromatic nitrogens is 1. The van der Waals surface area contributed by atoms with E-state index >= 15 is 0 Å². The van der Waals surface area contributed by atoms with Gasteiger partial charge in [-0.15, -0.1) is 0 Å². The second-order valence-electron chi connectivity index (χ2n) is 7.60. The predicted molar refractivity (Wildman–Crippen MR) is 117 cm³/mol. The first kappa shape index (κ1) is 20.8. The molecule has 7 nitrogen and oxygen atoms in total. The maximum atomic E-state index is 13.5. The fourth-order valence-corrected chi connectivity index (χ4v) is 3.67. The summed E-state index contributed by atoms with van der Waals surface area (Å²) in [6.07, 6.45) is 1.16. The van der Waals surface area contributed by atoms with Crippen molar-refractivity contribution in [3.05, 3.63) is 77.2 Å². The lowest BCUT2D eigenvalue weighted by Crippen LogP contribution is -2.31. The van der Waals surface area contributed by atoms with Gasteiger partial charge in [0.15, 0.2) is 0 Å². The van der Waals surface area contributed by atoms with Gasteiger partial charge in [0.05, 0.1) is 12.2 Å². The minimum absolute atomic E-state index is 0.181. The number of para-hydroxylation sites is 1. The molecule has 2 aromatic carbocycles. The summed E-state index contributed by atoms with van der Waals surface area (Å²) in [6, 6.07) is 16.4. The Balaban J connectivity index is 1.60. The second kappa shape index (κ2) is 9.14. The zero-order chi connectivity index (χ0) is 21.8. The van der Waals surface area contributed by atoms with Gasteiger partial charge in [-0.2, -0.15) is 0 Å². The molecule has 1 fully saturated rings. The summed E-state index contributed by atoms with van der Waals surface area (Å²) in [7, 11) is 0. The number of nitrogens with zero attached hydrogens (tertiary/aromatic N) is 2. The van der Waals surface area contributed by atoms with Crippen molar-refractivity contribution in [2.75, 3.05) is 16.8 Å². The number of benzene rings is 2. The third-order valence-electron chi connectivity index (χ3n) is 5.41. The highest BCUT2D eigenvalue weighted by Gasteiger charge is 2.25. The summed E-state index contributed by atoms with van der Waals surface area (Å²) >= 11 is 0. The van der Waals surface area contributed by atoms with Crippen molar-refractivity contribution in [3.63, 3.8) is 0 Å². The molecule has 3 aromatic rings. The van der Waals surface area contributed by atoms with E-state index in [0.29, 0.717) is 36.6 Å². The highest BCUT2D eigenvalue weighted by molar-refractivity contribution is 6.07. The Morgan fingerprint density at radius 1 is 1.13 bits per heavy atom. The van der Waals surface area contributed by atoms with Crippen LogP contribution in [0.25, 0.3) is 0 Å². The highest BCUT2D eigenvalue weighted by atomic mass is 16.5. The van der Waals surface area contributed by atoms with Crippen molar-refractivity contribution in [2.24, 2.45) is 0 Å². The first-order valence-corrected chi connectivity index (χ1v) is 10.3. The maximum absolute atomic E-state index is 13.5. The first-order chi connectivity index (χ1) is 15.0. The summed E-state index contributed by atoms with van der Waals surface area (Å²) < 4.78 is 10.7. The summed E-state index contributed by atoms with van der Waals surface area (Å²) in [5, 5.41) is 6.87. The zero-order valence-electron chi connectivity index (χ0n) is 17.6. The fourth-order valence-electron chi connectivity index (χ4n) is 3.67. The third kappa shape index (κ3) is 4.67. The number of hydrogen-bond donors (Lipinski definition) is 1. The van der Waals surface area contributed by atoms with E-state index in [9.17, 15) is 9.59 Å². The van der Waals surface area contributed by atoms with Crippen LogP contribution in [0.15, 0.2) is 59.1 Å². The summed E-state index contributed by atoms with van der Waals surface area (Å²) in [4.78, 5) is 27.6.